The Morgan fingerprint density at radius 2 is 1.82 bits per heavy atom. The largest absolute Gasteiger partial charge is 0.354 e. The third-order valence-electron chi connectivity index (χ3n) is 3.79. The van der Waals surface area contributed by atoms with E-state index >= 15 is 0 Å². The van der Waals surface area contributed by atoms with Crippen molar-refractivity contribution in [2.24, 2.45) is 11.3 Å². The molecule has 0 atom stereocenters. The summed E-state index contributed by atoms with van der Waals surface area (Å²) >= 11 is 0. The molecule has 0 bridgehead atoms. The molecule has 4 heteroatoms. The second kappa shape index (κ2) is 7.93. The van der Waals surface area contributed by atoms with Gasteiger partial charge in [0.25, 0.3) is 0 Å². The second-order valence-corrected chi connectivity index (χ2v) is 5.63. The van der Waals surface area contributed by atoms with E-state index in [1.165, 1.54) is 32.1 Å². The lowest BCUT2D eigenvalue weighted by Crippen LogP contribution is -2.41. The van der Waals surface area contributed by atoms with E-state index in [9.17, 15) is 4.79 Å². The number of amides is 1. The van der Waals surface area contributed by atoms with Gasteiger partial charge >= 0.3 is 0 Å². The number of nitrogens with one attached hydrogen (secondary N) is 2. The van der Waals surface area contributed by atoms with Crippen LogP contribution in [0.3, 0.4) is 0 Å². The zero-order valence-corrected chi connectivity index (χ0v) is 12.2. The standard InChI is InChI=1S/C13H26N2O.ClH/c1-13(2,10-15-12(16)9-14-3)11-7-5-4-6-8-11;/h11,14H,4-10H2,1-3H3,(H,15,16);1H. The molecule has 3 nitrogen and oxygen atoms in total. The number of likely N-dealkylation sites (N-methyl/N-ethyl adjacent to an activating group) is 1. The molecule has 0 aliphatic heterocycles. The van der Waals surface area contributed by atoms with Crippen LogP contribution in [0.1, 0.15) is 46.0 Å². The van der Waals surface area contributed by atoms with Crippen LogP contribution in [0.4, 0.5) is 0 Å². The SMILES string of the molecule is CNCC(=O)NCC(C)(C)C1CCCCC1.Cl. The van der Waals surface area contributed by atoms with Gasteiger partial charge in [0, 0.05) is 6.54 Å². The molecule has 1 saturated carbocycles. The predicted octanol–water partition coefficient (Wildman–Crippen LogP) is 2.35. The molecule has 1 rings (SSSR count). The Hall–Kier alpha value is -0.280. The van der Waals surface area contributed by atoms with Crippen LogP contribution in [0.25, 0.3) is 0 Å². The Bertz CT molecular complexity index is 225. The van der Waals surface area contributed by atoms with E-state index in [0.717, 1.165) is 12.5 Å². The van der Waals surface area contributed by atoms with E-state index < -0.39 is 0 Å². The lowest BCUT2D eigenvalue weighted by Gasteiger charge is -2.37. The highest BCUT2D eigenvalue weighted by atomic mass is 35.5. The molecule has 1 amide bonds. The fraction of sp³-hybridized carbons (Fsp3) is 0.923. The summed E-state index contributed by atoms with van der Waals surface area (Å²) < 4.78 is 0. The van der Waals surface area contributed by atoms with E-state index in [2.05, 4.69) is 24.5 Å². The lowest BCUT2D eigenvalue weighted by molar-refractivity contribution is -0.120. The van der Waals surface area contributed by atoms with Gasteiger partial charge < -0.3 is 10.6 Å². The van der Waals surface area contributed by atoms with Crippen LogP contribution in [0.2, 0.25) is 0 Å². The minimum atomic E-state index is 0. The van der Waals surface area contributed by atoms with Crippen LogP contribution >= 0.6 is 12.4 Å². The normalized spacial score (nSPS) is 17.4. The topological polar surface area (TPSA) is 41.1 Å². The number of carbonyl (C=O) groups excluding carboxylic acids is 1. The van der Waals surface area contributed by atoms with Crippen molar-refractivity contribution in [2.75, 3.05) is 20.1 Å². The molecule has 1 aliphatic carbocycles. The fourth-order valence-corrected chi connectivity index (χ4v) is 2.58. The molecule has 0 aromatic heterocycles. The molecule has 1 aliphatic rings. The molecule has 102 valence electrons. The van der Waals surface area contributed by atoms with Gasteiger partial charge in [-0.3, -0.25) is 4.79 Å². The van der Waals surface area contributed by atoms with Crippen LogP contribution in [-0.4, -0.2) is 26.0 Å². The van der Waals surface area contributed by atoms with Crippen molar-refractivity contribution in [1.29, 1.82) is 0 Å². The number of halogens is 1. The second-order valence-electron chi connectivity index (χ2n) is 5.63. The van der Waals surface area contributed by atoms with Crippen molar-refractivity contribution in [1.82, 2.24) is 10.6 Å². The van der Waals surface area contributed by atoms with Gasteiger partial charge in [-0.2, -0.15) is 0 Å². The summed E-state index contributed by atoms with van der Waals surface area (Å²) in [7, 11) is 1.80. The maximum atomic E-state index is 11.4. The number of rotatable bonds is 5. The Morgan fingerprint density at radius 1 is 1.24 bits per heavy atom. The highest BCUT2D eigenvalue weighted by Gasteiger charge is 2.30. The van der Waals surface area contributed by atoms with Crippen molar-refractivity contribution in [3.8, 4) is 0 Å². The van der Waals surface area contributed by atoms with Crippen molar-refractivity contribution < 1.29 is 4.79 Å². The van der Waals surface area contributed by atoms with Crippen LogP contribution in [0, 0.1) is 11.3 Å². The number of hydrogen-bond donors (Lipinski definition) is 2. The third-order valence-corrected chi connectivity index (χ3v) is 3.79. The van der Waals surface area contributed by atoms with E-state index in [4.69, 9.17) is 0 Å². The van der Waals surface area contributed by atoms with Gasteiger partial charge in [-0.15, -0.1) is 12.4 Å². The first kappa shape index (κ1) is 16.7. The van der Waals surface area contributed by atoms with Crippen LogP contribution in [-0.2, 0) is 4.79 Å². The van der Waals surface area contributed by atoms with E-state index in [-0.39, 0.29) is 23.7 Å². The van der Waals surface area contributed by atoms with E-state index in [0.29, 0.717) is 6.54 Å². The predicted molar refractivity (Wildman–Crippen MR) is 74.5 cm³/mol. The Balaban J connectivity index is 0.00000256. The van der Waals surface area contributed by atoms with Crippen molar-refractivity contribution in [2.45, 2.75) is 46.0 Å². The third kappa shape index (κ3) is 5.73. The van der Waals surface area contributed by atoms with Crippen molar-refractivity contribution in [3.63, 3.8) is 0 Å². The first-order chi connectivity index (χ1) is 7.56. The van der Waals surface area contributed by atoms with Gasteiger partial charge in [-0.05, 0) is 31.2 Å². The number of hydrogen-bond acceptors (Lipinski definition) is 2. The molecule has 0 saturated heterocycles. The highest BCUT2D eigenvalue weighted by Crippen LogP contribution is 2.37. The first-order valence-electron chi connectivity index (χ1n) is 6.47. The Morgan fingerprint density at radius 3 is 2.35 bits per heavy atom. The summed E-state index contributed by atoms with van der Waals surface area (Å²) in [5, 5.41) is 5.89. The summed E-state index contributed by atoms with van der Waals surface area (Å²) in [4.78, 5) is 11.4. The summed E-state index contributed by atoms with van der Waals surface area (Å²) in [6.45, 7) is 5.78. The molecule has 0 radical (unpaired) electrons. The average Bonchev–Trinajstić information content (AvgIpc) is 2.28. The molecule has 0 aromatic rings. The summed E-state index contributed by atoms with van der Waals surface area (Å²) in [6.07, 6.45) is 6.76. The maximum Gasteiger partial charge on any atom is 0.233 e. The quantitative estimate of drug-likeness (QED) is 0.799. The first-order valence-corrected chi connectivity index (χ1v) is 6.47. The minimum absolute atomic E-state index is 0. The Labute approximate surface area is 112 Å². The van der Waals surface area contributed by atoms with E-state index in [1.54, 1.807) is 7.05 Å². The van der Waals surface area contributed by atoms with Crippen LogP contribution in [0.15, 0.2) is 0 Å². The van der Waals surface area contributed by atoms with Gasteiger partial charge in [0.05, 0.1) is 6.54 Å². The van der Waals surface area contributed by atoms with Crippen LogP contribution < -0.4 is 10.6 Å². The average molecular weight is 263 g/mol. The molecule has 17 heavy (non-hydrogen) atoms. The Kier molecular flexibility index (Phi) is 7.80. The summed E-state index contributed by atoms with van der Waals surface area (Å²) in [5.74, 6) is 0.877. The molecular formula is C13H27ClN2O. The summed E-state index contributed by atoms with van der Waals surface area (Å²) in [5.41, 5.74) is 0.240. The monoisotopic (exact) mass is 262 g/mol. The zero-order chi connectivity index (χ0) is 12.0. The van der Waals surface area contributed by atoms with Gasteiger partial charge in [-0.1, -0.05) is 33.1 Å². The molecular weight excluding hydrogens is 236 g/mol. The molecule has 0 aromatic carbocycles. The summed E-state index contributed by atoms with van der Waals surface area (Å²) in [6, 6.07) is 0. The molecule has 1 fully saturated rings. The van der Waals surface area contributed by atoms with Gasteiger partial charge in [0.1, 0.15) is 0 Å². The fourth-order valence-electron chi connectivity index (χ4n) is 2.58. The van der Waals surface area contributed by atoms with Crippen LogP contribution in [0.5, 0.6) is 0 Å². The van der Waals surface area contributed by atoms with Crippen molar-refractivity contribution >= 4 is 18.3 Å². The molecule has 0 heterocycles. The van der Waals surface area contributed by atoms with E-state index in [1.807, 2.05) is 0 Å². The zero-order valence-electron chi connectivity index (χ0n) is 11.3. The molecule has 0 spiro atoms. The smallest absolute Gasteiger partial charge is 0.233 e. The number of carbonyl (C=O) groups is 1. The van der Waals surface area contributed by atoms with Gasteiger partial charge in [0.2, 0.25) is 5.91 Å². The highest BCUT2D eigenvalue weighted by molar-refractivity contribution is 5.85. The van der Waals surface area contributed by atoms with Gasteiger partial charge in [0.15, 0.2) is 0 Å². The maximum absolute atomic E-state index is 11.4. The lowest BCUT2D eigenvalue weighted by atomic mass is 9.71. The van der Waals surface area contributed by atoms with Crippen molar-refractivity contribution in [3.05, 3.63) is 0 Å². The molecule has 0 unspecified atom stereocenters. The molecule has 2 N–H and O–H groups in total. The minimum Gasteiger partial charge on any atom is -0.354 e. The van der Waals surface area contributed by atoms with Gasteiger partial charge in [-0.25, -0.2) is 0 Å².